The molecule has 1 aliphatic carbocycles. The zero-order valence-electron chi connectivity index (χ0n) is 17.1. The van der Waals surface area contributed by atoms with E-state index in [0.717, 1.165) is 22.3 Å². The summed E-state index contributed by atoms with van der Waals surface area (Å²) in [4.78, 5) is 38.3. The monoisotopic (exact) mass is 379 g/mol. The molecule has 1 spiro atoms. The molecule has 1 fully saturated rings. The molecule has 0 unspecified atom stereocenters. The van der Waals surface area contributed by atoms with Gasteiger partial charge in [-0.25, -0.2) is 0 Å². The number of carbonyl (C=O) groups is 3. The summed E-state index contributed by atoms with van der Waals surface area (Å²) in [5.74, 6) is 5.88. The van der Waals surface area contributed by atoms with Gasteiger partial charge in [-0.2, -0.15) is 0 Å². The van der Waals surface area contributed by atoms with E-state index in [1.165, 1.54) is 13.8 Å². The minimum absolute atomic E-state index is 0.00111. The fraction of sp³-hybridized carbons (Fsp3) is 0.435. The second-order valence-corrected chi connectivity index (χ2v) is 7.90. The number of carbonyl (C=O) groups excluding carboxylic acids is 3. The van der Waals surface area contributed by atoms with Crippen LogP contribution < -0.4 is 0 Å². The standard InChI is InChI=1S/C23H25NO4/c1-6-7-18-8-14(2)21(15(3)9-18)22-19(27)10-23(11-20(22)28-17(5)26)12-24(13-23)16(4)25/h8-9H,10-13H2,1-5H3. The molecule has 0 saturated carbocycles. The normalized spacial score (nSPS) is 17.8. The van der Waals surface area contributed by atoms with Gasteiger partial charge in [0.2, 0.25) is 5.91 Å². The van der Waals surface area contributed by atoms with Crippen LogP contribution in [0.4, 0.5) is 0 Å². The summed E-state index contributed by atoms with van der Waals surface area (Å²) in [7, 11) is 0. The van der Waals surface area contributed by atoms with Crippen molar-refractivity contribution in [2.45, 2.75) is 47.5 Å². The first-order valence-corrected chi connectivity index (χ1v) is 9.40. The van der Waals surface area contributed by atoms with Crippen LogP contribution >= 0.6 is 0 Å². The van der Waals surface area contributed by atoms with Crippen LogP contribution in [0.2, 0.25) is 0 Å². The van der Waals surface area contributed by atoms with Gasteiger partial charge in [-0.3, -0.25) is 14.4 Å². The first-order chi connectivity index (χ1) is 13.2. The average molecular weight is 379 g/mol. The Kier molecular flexibility index (Phi) is 5.16. The van der Waals surface area contributed by atoms with Gasteiger partial charge in [0.1, 0.15) is 5.76 Å². The third-order valence-electron chi connectivity index (χ3n) is 5.45. The van der Waals surface area contributed by atoms with Crippen molar-refractivity contribution in [2.75, 3.05) is 13.1 Å². The van der Waals surface area contributed by atoms with Gasteiger partial charge in [-0.1, -0.05) is 5.92 Å². The number of hydrogen-bond acceptors (Lipinski definition) is 4. The largest absolute Gasteiger partial charge is 0.430 e. The van der Waals surface area contributed by atoms with E-state index in [1.807, 2.05) is 26.0 Å². The molecule has 1 aromatic rings. The lowest BCUT2D eigenvalue weighted by Gasteiger charge is -2.51. The Hall–Kier alpha value is -2.87. The third kappa shape index (κ3) is 3.60. The van der Waals surface area contributed by atoms with Gasteiger partial charge < -0.3 is 9.64 Å². The lowest BCUT2D eigenvalue weighted by molar-refractivity contribution is -0.147. The number of amides is 1. The molecule has 0 bridgehead atoms. The topological polar surface area (TPSA) is 63.7 Å². The molecule has 1 amide bonds. The van der Waals surface area contributed by atoms with Crippen molar-refractivity contribution in [1.29, 1.82) is 0 Å². The minimum atomic E-state index is -0.441. The Morgan fingerprint density at radius 2 is 1.71 bits per heavy atom. The van der Waals surface area contributed by atoms with E-state index >= 15 is 0 Å². The zero-order valence-corrected chi connectivity index (χ0v) is 17.1. The highest BCUT2D eigenvalue weighted by Crippen LogP contribution is 2.48. The predicted molar refractivity (Wildman–Crippen MR) is 106 cm³/mol. The lowest BCUT2D eigenvalue weighted by atomic mass is 9.67. The SMILES string of the molecule is CC#Cc1cc(C)c(C2=C(OC(C)=O)CC3(CC2=O)CN(C(C)=O)C3)c(C)c1. The molecule has 1 saturated heterocycles. The smallest absolute Gasteiger partial charge is 0.307 e. The van der Waals surface area contributed by atoms with Crippen molar-refractivity contribution in [3.8, 4) is 11.8 Å². The molecule has 1 aliphatic heterocycles. The molecule has 3 rings (SSSR count). The van der Waals surface area contributed by atoms with Crippen LogP contribution in [0, 0.1) is 31.1 Å². The van der Waals surface area contributed by atoms with Gasteiger partial charge in [0.05, 0.1) is 5.57 Å². The Bertz CT molecular complexity index is 945. The summed E-state index contributed by atoms with van der Waals surface area (Å²) < 4.78 is 5.53. The fourth-order valence-electron chi connectivity index (χ4n) is 4.40. The summed E-state index contributed by atoms with van der Waals surface area (Å²) >= 11 is 0. The number of rotatable bonds is 2. The molecule has 0 radical (unpaired) electrons. The Morgan fingerprint density at radius 3 is 2.21 bits per heavy atom. The van der Waals surface area contributed by atoms with E-state index in [0.29, 0.717) is 37.3 Å². The number of ketones is 1. The first kappa shape index (κ1) is 19.9. The summed E-state index contributed by atoms with van der Waals surface area (Å²) in [6.45, 7) is 9.59. The maximum Gasteiger partial charge on any atom is 0.307 e. The van der Waals surface area contributed by atoms with Crippen molar-refractivity contribution in [3.63, 3.8) is 0 Å². The number of likely N-dealkylation sites (tertiary alicyclic amines) is 1. The number of esters is 1. The summed E-state index contributed by atoms with van der Waals surface area (Å²) in [6, 6.07) is 3.91. The van der Waals surface area contributed by atoms with Crippen LogP contribution in [-0.2, 0) is 19.1 Å². The molecule has 146 valence electrons. The van der Waals surface area contributed by atoms with Crippen LogP contribution in [0.15, 0.2) is 17.9 Å². The number of Topliss-reactive ketones (excluding diaryl/α,β-unsaturated/α-hetero) is 1. The highest BCUT2D eigenvalue weighted by Gasteiger charge is 2.50. The van der Waals surface area contributed by atoms with Crippen LogP contribution in [0.1, 0.15) is 55.9 Å². The van der Waals surface area contributed by atoms with E-state index < -0.39 is 5.97 Å². The van der Waals surface area contributed by atoms with Gasteiger partial charge >= 0.3 is 5.97 Å². The van der Waals surface area contributed by atoms with Crippen LogP contribution in [0.25, 0.3) is 5.57 Å². The quantitative estimate of drug-likeness (QED) is 0.585. The minimum Gasteiger partial charge on any atom is -0.430 e. The Morgan fingerprint density at radius 1 is 1.11 bits per heavy atom. The molecule has 0 N–H and O–H groups in total. The number of ether oxygens (including phenoxy) is 1. The lowest BCUT2D eigenvalue weighted by Crippen LogP contribution is -2.59. The molecule has 0 aromatic heterocycles. The van der Waals surface area contributed by atoms with Crippen molar-refractivity contribution in [1.82, 2.24) is 4.90 Å². The van der Waals surface area contributed by atoms with Gasteiger partial charge in [-0.15, -0.1) is 5.92 Å². The molecular weight excluding hydrogens is 354 g/mol. The number of nitrogens with zero attached hydrogens (tertiary/aromatic N) is 1. The number of aryl methyl sites for hydroxylation is 2. The van der Waals surface area contributed by atoms with Gasteiger partial charge in [0.25, 0.3) is 0 Å². The number of hydrogen-bond donors (Lipinski definition) is 0. The van der Waals surface area contributed by atoms with Gasteiger partial charge in [0.15, 0.2) is 5.78 Å². The van der Waals surface area contributed by atoms with E-state index in [4.69, 9.17) is 4.74 Å². The molecule has 1 aromatic carbocycles. The Balaban J connectivity index is 2.07. The molecule has 1 heterocycles. The summed E-state index contributed by atoms with van der Waals surface area (Å²) in [5, 5.41) is 0. The van der Waals surface area contributed by atoms with E-state index in [2.05, 4.69) is 11.8 Å². The van der Waals surface area contributed by atoms with Crippen LogP contribution in [0.5, 0.6) is 0 Å². The van der Waals surface area contributed by atoms with Crippen LogP contribution in [-0.4, -0.2) is 35.6 Å². The van der Waals surface area contributed by atoms with Crippen molar-refractivity contribution in [2.24, 2.45) is 5.41 Å². The van der Waals surface area contributed by atoms with Crippen LogP contribution in [0.3, 0.4) is 0 Å². The fourth-order valence-corrected chi connectivity index (χ4v) is 4.40. The van der Waals surface area contributed by atoms with Crippen molar-refractivity contribution in [3.05, 3.63) is 40.1 Å². The maximum absolute atomic E-state index is 13.2. The van der Waals surface area contributed by atoms with E-state index in [-0.39, 0.29) is 17.1 Å². The average Bonchev–Trinajstić information content (AvgIpc) is 2.53. The molecule has 5 nitrogen and oxygen atoms in total. The second-order valence-electron chi connectivity index (χ2n) is 7.90. The van der Waals surface area contributed by atoms with Gasteiger partial charge in [-0.05, 0) is 49.6 Å². The molecule has 2 aliphatic rings. The highest BCUT2D eigenvalue weighted by molar-refractivity contribution is 6.23. The highest BCUT2D eigenvalue weighted by atomic mass is 16.5. The van der Waals surface area contributed by atoms with Gasteiger partial charge in [0, 0.05) is 50.8 Å². The van der Waals surface area contributed by atoms with Crippen molar-refractivity contribution >= 4 is 23.2 Å². The summed E-state index contributed by atoms with van der Waals surface area (Å²) in [5.41, 5.74) is 3.74. The van der Waals surface area contributed by atoms with E-state index in [1.54, 1.807) is 11.8 Å². The number of allylic oxidation sites excluding steroid dienone is 2. The maximum atomic E-state index is 13.2. The predicted octanol–water partition coefficient (Wildman–Crippen LogP) is 3.16. The third-order valence-corrected chi connectivity index (χ3v) is 5.45. The first-order valence-electron chi connectivity index (χ1n) is 9.40. The molecule has 0 atom stereocenters. The van der Waals surface area contributed by atoms with E-state index in [9.17, 15) is 14.4 Å². The Labute approximate surface area is 165 Å². The molecular formula is C23H25NO4. The zero-order chi connectivity index (χ0) is 20.6. The molecule has 28 heavy (non-hydrogen) atoms. The van der Waals surface area contributed by atoms with Crippen molar-refractivity contribution < 1.29 is 19.1 Å². The number of benzene rings is 1. The second kappa shape index (κ2) is 7.27. The molecule has 5 heteroatoms. The summed E-state index contributed by atoms with van der Waals surface area (Å²) in [6.07, 6.45) is 0.832.